The summed E-state index contributed by atoms with van der Waals surface area (Å²) in [5.41, 5.74) is 8.00. The zero-order valence-corrected chi connectivity index (χ0v) is 11.1. The molecule has 0 bridgehead atoms. The molecule has 0 aliphatic carbocycles. The number of nitrogens with zero attached hydrogens (tertiary/aromatic N) is 3. The van der Waals surface area contributed by atoms with Crippen molar-refractivity contribution in [2.75, 3.05) is 12.8 Å². The van der Waals surface area contributed by atoms with E-state index in [0.29, 0.717) is 23.4 Å². The minimum Gasteiger partial charge on any atom is -0.397 e. The third-order valence-corrected chi connectivity index (χ3v) is 2.90. The predicted octanol–water partition coefficient (Wildman–Crippen LogP) is 1.81. The first-order valence-electron chi connectivity index (χ1n) is 6.06. The Balaban J connectivity index is 2.16. The molecule has 100 valence electrons. The highest BCUT2D eigenvalue weighted by Gasteiger charge is 2.14. The van der Waals surface area contributed by atoms with E-state index in [1.165, 1.54) is 12.4 Å². The molecule has 0 spiro atoms. The number of nitriles is 1. The van der Waals surface area contributed by atoms with E-state index in [1.807, 2.05) is 6.07 Å². The maximum Gasteiger partial charge on any atom is 0.256 e. The number of amides is 1. The van der Waals surface area contributed by atoms with E-state index >= 15 is 0 Å². The lowest BCUT2D eigenvalue weighted by atomic mass is 10.1. The van der Waals surface area contributed by atoms with Crippen LogP contribution in [0, 0.1) is 11.3 Å². The molecule has 0 radical (unpaired) electrons. The van der Waals surface area contributed by atoms with Gasteiger partial charge in [0, 0.05) is 19.8 Å². The Kier molecular flexibility index (Phi) is 3.96. The van der Waals surface area contributed by atoms with E-state index in [4.69, 9.17) is 11.0 Å². The van der Waals surface area contributed by atoms with Crippen molar-refractivity contribution in [2.45, 2.75) is 6.54 Å². The fourth-order valence-corrected chi connectivity index (χ4v) is 1.89. The van der Waals surface area contributed by atoms with Gasteiger partial charge in [0.2, 0.25) is 0 Å². The first-order valence-corrected chi connectivity index (χ1v) is 6.06. The molecule has 1 aromatic heterocycles. The molecule has 0 unspecified atom stereocenters. The third-order valence-electron chi connectivity index (χ3n) is 2.90. The first kappa shape index (κ1) is 13.6. The van der Waals surface area contributed by atoms with Gasteiger partial charge in [-0.2, -0.15) is 5.26 Å². The molecule has 5 heteroatoms. The molecule has 5 nitrogen and oxygen atoms in total. The van der Waals surface area contributed by atoms with Crippen LogP contribution < -0.4 is 5.73 Å². The summed E-state index contributed by atoms with van der Waals surface area (Å²) in [7, 11) is 1.70. The summed E-state index contributed by atoms with van der Waals surface area (Å²) in [5, 5.41) is 8.87. The van der Waals surface area contributed by atoms with E-state index in [9.17, 15) is 4.79 Å². The SMILES string of the molecule is CN(Cc1cccc(C#N)c1)C(=O)c1ccncc1N. The van der Waals surface area contributed by atoms with Gasteiger partial charge in [0.1, 0.15) is 0 Å². The van der Waals surface area contributed by atoms with Gasteiger partial charge in [-0.25, -0.2) is 0 Å². The van der Waals surface area contributed by atoms with Gasteiger partial charge in [-0.05, 0) is 23.8 Å². The Morgan fingerprint density at radius 3 is 2.95 bits per heavy atom. The summed E-state index contributed by atoms with van der Waals surface area (Å²) in [5.74, 6) is -0.174. The van der Waals surface area contributed by atoms with Crippen LogP contribution in [0.4, 0.5) is 5.69 Å². The number of pyridine rings is 1. The zero-order valence-electron chi connectivity index (χ0n) is 11.1. The molecule has 1 heterocycles. The molecule has 2 rings (SSSR count). The van der Waals surface area contributed by atoms with Crippen molar-refractivity contribution in [1.29, 1.82) is 5.26 Å². The minimum absolute atomic E-state index is 0.174. The summed E-state index contributed by atoms with van der Waals surface area (Å²) < 4.78 is 0. The van der Waals surface area contributed by atoms with E-state index in [-0.39, 0.29) is 5.91 Å². The van der Waals surface area contributed by atoms with Crippen molar-refractivity contribution in [3.05, 3.63) is 59.4 Å². The summed E-state index contributed by atoms with van der Waals surface area (Å²) in [6, 6.07) is 10.8. The Bertz CT molecular complexity index is 676. The van der Waals surface area contributed by atoms with Crippen LogP contribution in [0.1, 0.15) is 21.5 Å². The van der Waals surface area contributed by atoms with E-state index in [1.54, 1.807) is 36.2 Å². The average Bonchev–Trinajstić information content (AvgIpc) is 2.47. The largest absolute Gasteiger partial charge is 0.397 e. The molecular formula is C15H14N4O. The molecule has 2 aromatic rings. The van der Waals surface area contributed by atoms with E-state index in [2.05, 4.69) is 11.1 Å². The van der Waals surface area contributed by atoms with Crippen LogP contribution in [0.3, 0.4) is 0 Å². The molecule has 0 aliphatic rings. The van der Waals surface area contributed by atoms with Crippen LogP contribution in [-0.4, -0.2) is 22.8 Å². The number of aromatic nitrogens is 1. The van der Waals surface area contributed by atoms with Gasteiger partial charge in [0.25, 0.3) is 5.91 Å². The summed E-state index contributed by atoms with van der Waals surface area (Å²) in [6.07, 6.45) is 2.99. The van der Waals surface area contributed by atoms with Gasteiger partial charge in [-0.3, -0.25) is 9.78 Å². The first-order chi connectivity index (χ1) is 9.61. The van der Waals surface area contributed by atoms with Crippen LogP contribution in [0.2, 0.25) is 0 Å². The Labute approximate surface area is 117 Å². The normalized spacial score (nSPS) is 9.80. The van der Waals surface area contributed by atoms with Gasteiger partial charge in [-0.15, -0.1) is 0 Å². The molecule has 0 atom stereocenters. The second-order valence-corrected chi connectivity index (χ2v) is 4.44. The Hall–Kier alpha value is -2.87. The smallest absolute Gasteiger partial charge is 0.256 e. The van der Waals surface area contributed by atoms with Crippen molar-refractivity contribution in [2.24, 2.45) is 0 Å². The lowest BCUT2D eigenvalue weighted by Crippen LogP contribution is -2.27. The van der Waals surface area contributed by atoms with Crippen LogP contribution in [0.5, 0.6) is 0 Å². The Morgan fingerprint density at radius 1 is 1.45 bits per heavy atom. The second-order valence-electron chi connectivity index (χ2n) is 4.44. The fourth-order valence-electron chi connectivity index (χ4n) is 1.89. The molecule has 0 saturated carbocycles. The van der Waals surface area contributed by atoms with Crippen LogP contribution in [0.25, 0.3) is 0 Å². The molecule has 0 aliphatic heterocycles. The molecule has 0 saturated heterocycles. The predicted molar refractivity (Wildman–Crippen MR) is 75.6 cm³/mol. The quantitative estimate of drug-likeness (QED) is 0.918. The van der Waals surface area contributed by atoms with Crippen LogP contribution >= 0.6 is 0 Å². The average molecular weight is 266 g/mol. The number of hydrogen-bond donors (Lipinski definition) is 1. The second kappa shape index (κ2) is 5.85. The molecule has 2 N–H and O–H groups in total. The van der Waals surface area contributed by atoms with Crippen molar-refractivity contribution in [3.63, 3.8) is 0 Å². The number of carbonyl (C=O) groups is 1. The molecule has 0 fully saturated rings. The zero-order chi connectivity index (χ0) is 14.5. The van der Waals surface area contributed by atoms with Gasteiger partial charge in [-0.1, -0.05) is 12.1 Å². The van der Waals surface area contributed by atoms with Gasteiger partial charge in [0.05, 0.1) is 29.1 Å². The maximum atomic E-state index is 12.3. The maximum absolute atomic E-state index is 12.3. The van der Waals surface area contributed by atoms with Crippen molar-refractivity contribution in [1.82, 2.24) is 9.88 Å². The number of carbonyl (C=O) groups excluding carboxylic acids is 1. The highest BCUT2D eigenvalue weighted by Crippen LogP contribution is 2.14. The topological polar surface area (TPSA) is 83.0 Å². The third kappa shape index (κ3) is 2.93. The van der Waals surface area contributed by atoms with Crippen molar-refractivity contribution >= 4 is 11.6 Å². The molecule has 1 amide bonds. The van der Waals surface area contributed by atoms with Crippen LogP contribution in [-0.2, 0) is 6.54 Å². The van der Waals surface area contributed by atoms with Gasteiger partial charge < -0.3 is 10.6 Å². The summed E-state index contributed by atoms with van der Waals surface area (Å²) >= 11 is 0. The van der Waals surface area contributed by atoms with Crippen molar-refractivity contribution in [3.8, 4) is 6.07 Å². The fraction of sp³-hybridized carbons (Fsp3) is 0.133. The van der Waals surface area contributed by atoms with Crippen molar-refractivity contribution < 1.29 is 4.79 Å². The number of hydrogen-bond acceptors (Lipinski definition) is 4. The number of nitrogens with two attached hydrogens (primary N) is 1. The van der Waals surface area contributed by atoms with Gasteiger partial charge in [0.15, 0.2) is 0 Å². The number of benzene rings is 1. The lowest BCUT2D eigenvalue weighted by molar-refractivity contribution is 0.0786. The highest BCUT2D eigenvalue weighted by molar-refractivity contribution is 5.98. The van der Waals surface area contributed by atoms with Gasteiger partial charge >= 0.3 is 0 Å². The standard InChI is InChI=1S/C15H14N4O/c1-19(10-12-4-2-3-11(7-12)8-16)15(20)13-5-6-18-9-14(13)17/h2-7,9H,10,17H2,1H3. The van der Waals surface area contributed by atoms with Crippen LogP contribution in [0.15, 0.2) is 42.7 Å². The van der Waals surface area contributed by atoms with E-state index in [0.717, 1.165) is 5.56 Å². The highest BCUT2D eigenvalue weighted by atomic mass is 16.2. The number of nitrogen functional groups attached to an aromatic ring is 1. The molecule has 20 heavy (non-hydrogen) atoms. The minimum atomic E-state index is -0.174. The Morgan fingerprint density at radius 2 is 2.25 bits per heavy atom. The lowest BCUT2D eigenvalue weighted by Gasteiger charge is -2.18. The monoisotopic (exact) mass is 266 g/mol. The number of rotatable bonds is 3. The summed E-state index contributed by atoms with van der Waals surface area (Å²) in [6.45, 7) is 0.413. The summed E-state index contributed by atoms with van der Waals surface area (Å²) in [4.78, 5) is 17.7. The molecular weight excluding hydrogens is 252 g/mol. The van der Waals surface area contributed by atoms with E-state index < -0.39 is 0 Å². The number of anilines is 1. The molecule has 1 aromatic carbocycles.